The second kappa shape index (κ2) is 54.7. The fourth-order valence-corrected chi connectivity index (χ4v) is 19.7. The van der Waals surface area contributed by atoms with Gasteiger partial charge in [-0.3, -0.25) is 30.0 Å². The summed E-state index contributed by atoms with van der Waals surface area (Å²) in [6.45, 7) is 14.0. The van der Waals surface area contributed by atoms with E-state index in [9.17, 15) is 4.39 Å². The van der Waals surface area contributed by atoms with E-state index in [1.54, 1.807) is 60.7 Å². The van der Waals surface area contributed by atoms with Crippen LogP contribution in [-0.2, 0) is 38.5 Å². The van der Waals surface area contributed by atoms with Gasteiger partial charge in [0.05, 0.1) is 136 Å². The zero-order valence-electron chi connectivity index (χ0n) is 75.8. The van der Waals surface area contributed by atoms with Gasteiger partial charge in [-0.15, -0.1) is 0 Å². The molecule has 732 valence electrons. The van der Waals surface area contributed by atoms with Crippen LogP contribution in [0.2, 0.25) is 85.4 Å². The monoisotopic (exact) mass is 2210 g/mol. The molecule has 0 aromatic heterocycles. The number of hydrogen-bond donors (Lipinski definition) is 12. The Morgan fingerprint density at radius 2 is 0.564 bits per heavy atom. The number of rotatable bonds is 24. The number of guanidine groups is 6. The minimum absolute atomic E-state index is 0.0120. The molecule has 0 radical (unpaired) electrons. The summed E-state index contributed by atoms with van der Waals surface area (Å²) in [5, 5.41) is 48.9. The van der Waals surface area contributed by atoms with Gasteiger partial charge in [-0.1, -0.05) is 355 Å². The summed E-state index contributed by atoms with van der Waals surface area (Å²) in [5.74, 6) is 4.30. The molecule has 0 amide bonds. The first-order valence-corrected chi connectivity index (χ1v) is 51.5. The Hall–Kier alpha value is -8.88. The van der Waals surface area contributed by atoms with E-state index in [2.05, 4.69) is 168 Å². The van der Waals surface area contributed by atoms with Crippen LogP contribution in [0.1, 0.15) is 114 Å². The number of nitrogens with one attached hydrogen (secondary N) is 12. The molecule has 18 nitrogen and oxygen atoms in total. The molecule has 0 aliphatic carbocycles. The molecule has 6 unspecified atom stereocenters. The van der Waals surface area contributed by atoms with Crippen molar-refractivity contribution < 1.29 is 4.39 Å². The smallest absolute Gasteiger partial charge is 0.191 e. The third-order valence-corrected chi connectivity index (χ3v) is 29.3. The van der Waals surface area contributed by atoms with Crippen molar-refractivity contribution in [3.8, 4) is 0 Å². The van der Waals surface area contributed by atoms with E-state index >= 15 is 0 Å². The van der Waals surface area contributed by atoms with Crippen LogP contribution < -0.4 is 63.8 Å². The number of aliphatic imine (C=N–C) groups is 6. The van der Waals surface area contributed by atoms with Crippen LogP contribution in [0.3, 0.4) is 0 Å². The molecule has 0 saturated carbocycles. The van der Waals surface area contributed by atoms with E-state index in [0.717, 1.165) is 159 Å². The summed E-state index contributed by atoms with van der Waals surface area (Å²) in [5.41, 5.74) is 14.5. The van der Waals surface area contributed by atoms with Crippen molar-refractivity contribution in [3.63, 3.8) is 0 Å². The van der Waals surface area contributed by atoms with Crippen LogP contribution in [-0.4, -0.2) is 114 Å². The molecule has 6 aliphatic heterocycles. The van der Waals surface area contributed by atoms with Gasteiger partial charge in [-0.05, 0) is 203 Å². The standard InChI is InChI=1S/C19H23N3.3C17H15Cl4N3.C17H15Cl3FN3.C17H17Cl2N3/c1-14-7-6-10-17(15(14)2)18(22-19-20-11-12-21-19)13-16-8-4-3-5-9-16;18-11-6-10(7-12(19)9-11)8-15(24-17-22-4-5-23-17)13-2-1-3-14(20)16(13)21;18-11-5-4-10(14(20)9-11)8-15(24-17-22-6-7-23-17)12-2-1-3-13(19)16(12)21;18-12-5-4-10(8-14(12)20)9-15(24-17-22-6-7-23-17)11-2-1-3-13(19)16(11)21;18-12-4-2-6-14(21)11(12)9-15(24-17-22-7-8-23-17)10-3-1-5-13(19)16(10)20;18-14-8-4-7-13(16(14)19)15(22-17-20-9-10-21-17)11-12-5-2-1-3-6-12/h3-10,18H,11-13H2,1-2H3,(H2,20,21,22);1-3,6-7,9,15H,4-5,8H2,(H2,22,23,24);1-5,9,15H,6-8H2,(H2,22,23,24);1-5,8,15H,6-7,9H2,(H2,22,23,24);1-6,15H,7-9H2,(H2,22,23,24);1-8,15H,9-11H2,(H2,20,21,22). The predicted octanol–water partition coefficient (Wildman–Crippen LogP) is 27.0. The lowest BCUT2D eigenvalue weighted by molar-refractivity contribution is 0.574. The van der Waals surface area contributed by atoms with Crippen molar-refractivity contribution in [3.05, 3.63) is 412 Å². The van der Waals surface area contributed by atoms with Crippen LogP contribution in [0.4, 0.5) is 4.39 Å². The summed E-state index contributed by atoms with van der Waals surface area (Å²) < 4.78 is 14.2. The molecule has 6 heterocycles. The first kappa shape index (κ1) is 108. The number of halogens is 18. The normalized spacial score (nSPS) is 15.0. The average molecular weight is 2220 g/mol. The Bertz CT molecular complexity index is 6260. The molecule has 140 heavy (non-hydrogen) atoms. The van der Waals surface area contributed by atoms with E-state index in [0.29, 0.717) is 129 Å². The molecule has 12 N–H and O–H groups in total. The highest BCUT2D eigenvalue weighted by molar-refractivity contribution is 6.45. The molecule has 0 saturated heterocycles. The highest BCUT2D eigenvalue weighted by atomic mass is 35.5. The van der Waals surface area contributed by atoms with Gasteiger partial charge in [0.25, 0.3) is 0 Å². The van der Waals surface area contributed by atoms with E-state index in [1.165, 1.54) is 33.9 Å². The van der Waals surface area contributed by atoms with Gasteiger partial charge in [0.1, 0.15) is 5.82 Å². The lowest BCUT2D eigenvalue weighted by Gasteiger charge is -2.23. The molecule has 18 rings (SSSR count). The van der Waals surface area contributed by atoms with Gasteiger partial charge < -0.3 is 63.8 Å². The maximum absolute atomic E-state index is 14.2. The molecule has 6 atom stereocenters. The molecule has 12 aromatic carbocycles. The van der Waals surface area contributed by atoms with Gasteiger partial charge in [-0.2, -0.15) is 0 Å². The molecular weight excluding hydrogens is 2120 g/mol. The SMILES string of the molecule is Cc1cccc(C(Cc2ccccc2)NC2=NCCN2)c1C.Clc1cc(Cl)cc(CC(NC2=NCCN2)c2cccc(Cl)c2Cl)c1.Clc1ccc(CC(NC2=NCCN2)c2cccc(Cl)c2Cl)c(Cl)c1.Clc1ccc(CC(NC2=NCCN2)c2cccc(Cl)c2Cl)cc1Cl.Clc1cccc(C(Cc2ccccc2)NC2=NCCN2)c1Cl.Fc1cccc(Cl)c1CC(NC1=NCCN1)c1cccc(Cl)c1Cl. The summed E-state index contributed by atoms with van der Waals surface area (Å²) in [6, 6.07) is 76.2. The molecule has 6 aliphatic rings. The first-order valence-electron chi connectivity index (χ1n) is 45.0. The van der Waals surface area contributed by atoms with Crippen LogP contribution in [0.5, 0.6) is 0 Å². The molecular formula is C104H100Cl17FN18. The zero-order valence-corrected chi connectivity index (χ0v) is 88.6. The van der Waals surface area contributed by atoms with Gasteiger partial charge in [-0.25, -0.2) is 4.39 Å². The molecule has 12 aromatic rings. The second-order valence-corrected chi connectivity index (χ2v) is 39.7. The largest absolute Gasteiger partial charge is 0.355 e. The Morgan fingerprint density at radius 1 is 0.250 bits per heavy atom. The van der Waals surface area contributed by atoms with Crippen LogP contribution in [0.15, 0.2) is 273 Å². The predicted molar refractivity (Wildman–Crippen MR) is 591 cm³/mol. The highest BCUT2D eigenvalue weighted by Crippen LogP contribution is 2.40. The van der Waals surface area contributed by atoms with E-state index in [4.69, 9.17) is 197 Å². The quantitative estimate of drug-likeness (QED) is 0.0272. The van der Waals surface area contributed by atoms with Crippen molar-refractivity contribution >= 4 is 233 Å². The van der Waals surface area contributed by atoms with E-state index < -0.39 is 0 Å². The summed E-state index contributed by atoms with van der Waals surface area (Å²) in [6.07, 6.45) is 4.00. The average Bonchev–Trinajstić information content (AvgIpc) is 1.47. The van der Waals surface area contributed by atoms with Gasteiger partial charge >= 0.3 is 0 Å². The molecule has 0 fully saturated rings. The first-order chi connectivity index (χ1) is 67.6. The third kappa shape index (κ3) is 32.1. The number of benzene rings is 12. The van der Waals surface area contributed by atoms with Crippen molar-refractivity contribution in [1.82, 2.24) is 63.8 Å². The minimum Gasteiger partial charge on any atom is -0.355 e. The molecule has 0 bridgehead atoms. The number of hydrogen-bond acceptors (Lipinski definition) is 18. The molecule has 36 heteroatoms. The maximum atomic E-state index is 14.2. The minimum atomic E-state index is -0.353. The fraction of sp³-hybridized carbons (Fsp3) is 0.250. The van der Waals surface area contributed by atoms with Gasteiger partial charge in [0.2, 0.25) is 0 Å². The lowest BCUT2D eigenvalue weighted by Crippen LogP contribution is -2.37. The van der Waals surface area contributed by atoms with Gasteiger partial charge in [0, 0.05) is 76.4 Å². The Balaban J connectivity index is 0.000000142. The zero-order chi connectivity index (χ0) is 99.1. The number of nitrogens with zero attached hydrogens (tertiary/aromatic N) is 6. The van der Waals surface area contributed by atoms with Crippen molar-refractivity contribution in [1.29, 1.82) is 0 Å². The second-order valence-electron chi connectivity index (χ2n) is 32.8. The Morgan fingerprint density at radius 3 is 0.907 bits per heavy atom. The third-order valence-electron chi connectivity index (χ3n) is 23.0. The van der Waals surface area contributed by atoms with E-state index in [-0.39, 0.29) is 42.1 Å². The summed E-state index contributed by atoms with van der Waals surface area (Å²) in [4.78, 5) is 26.4. The van der Waals surface area contributed by atoms with Crippen LogP contribution >= 0.6 is 197 Å². The summed E-state index contributed by atoms with van der Waals surface area (Å²) >= 11 is 106. The summed E-state index contributed by atoms with van der Waals surface area (Å²) in [7, 11) is 0. The van der Waals surface area contributed by atoms with Crippen molar-refractivity contribution in [2.75, 3.05) is 78.5 Å². The van der Waals surface area contributed by atoms with Crippen LogP contribution in [0, 0.1) is 19.7 Å². The molecule has 0 spiro atoms. The fourth-order valence-electron chi connectivity index (χ4n) is 15.9. The van der Waals surface area contributed by atoms with Gasteiger partial charge in [0.15, 0.2) is 35.8 Å². The number of aryl methyl sites for hydroxylation is 1. The van der Waals surface area contributed by atoms with Crippen molar-refractivity contribution in [2.24, 2.45) is 30.0 Å². The lowest BCUT2D eigenvalue weighted by atomic mass is 9.93. The van der Waals surface area contributed by atoms with Crippen LogP contribution in [0.25, 0.3) is 0 Å². The van der Waals surface area contributed by atoms with E-state index in [1.807, 2.05) is 115 Å². The van der Waals surface area contributed by atoms with Crippen molar-refractivity contribution in [2.45, 2.75) is 88.6 Å². The maximum Gasteiger partial charge on any atom is 0.191 e. The topological polar surface area (TPSA) is 219 Å². The Kier molecular flexibility index (Phi) is 42.4. The Labute approximate surface area is 901 Å². The highest BCUT2D eigenvalue weighted by Gasteiger charge is 2.29.